The molecule has 1 saturated carbocycles. The van der Waals surface area contributed by atoms with Gasteiger partial charge < -0.3 is 35.1 Å². The molecule has 0 aromatic carbocycles. The molecule has 4 N–H and O–H groups in total. The summed E-state index contributed by atoms with van der Waals surface area (Å²) in [4.78, 5) is 59.0. The summed E-state index contributed by atoms with van der Waals surface area (Å²) in [6, 6.07) is -0.390. The molecule has 230 valence electrons. The van der Waals surface area contributed by atoms with Crippen molar-refractivity contribution in [1.82, 2.24) is 10.6 Å². The summed E-state index contributed by atoms with van der Waals surface area (Å²) in [7, 11) is 0. The number of carboxylic acid groups (broad SMARTS) is 2. The topological polar surface area (TPSA) is 178 Å². The lowest BCUT2D eigenvalue weighted by atomic mass is 9.63. The van der Waals surface area contributed by atoms with Gasteiger partial charge in [-0.2, -0.15) is 0 Å². The van der Waals surface area contributed by atoms with Gasteiger partial charge in [0.2, 0.25) is 0 Å². The van der Waals surface area contributed by atoms with E-state index in [1.54, 1.807) is 6.92 Å². The van der Waals surface area contributed by atoms with Crippen molar-refractivity contribution in [3.8, 4) is 0 Å². The number of esters is 1. The average molecular weight is 581 g/mol. The maximum atomic E-state index is 13.0. The van der Waals surface area contributed by atoms with Crippen molar-refractivity contribution >= 4 is 30.1 Å². The Labute approximate surface area is 241 Å². The number of alkyl carbamates (subject to hydrolysis) is 2. The smallest absolute Gasteiger partial charge is 0.407 e. The van der Waals surface area contributed by atoms with Crippen LogP contribution in [-0.4, -0.2) is 71.7 Å². The number of hydrogen-bond donors (Lipinski definition) is 4. The molecule has 3 unspecified atom stereocenters. The standard InChI is InChI=1S/C29H44N2O10/c1-8-23(32)39-16-20(4)40-26(37)30-17-29(7)14-13-28(5,6)15-22(29)31-27(38)41-21(11-9-18(2)24(33)34)12-10-19(3)25(35)36/h8-10,20-22H,1,11-17H2,2-7H3,(H,30,37)(H,31,38)(H,33,34)(H,35,36). The van der Waals surface area contributed by atoms with E-state index in [1.807, 2.05) is 6.92 Å². The lowest BCUT2D eigenvalue weighted by Crippen LogP contribution is -2.56. The maximum absolute atomic E-state index is 13.0. The number of rotatable bonds is 14. The second kappa shape index (κ2) is 15.8. The fourth-order valence-electron chi connectivity index (χ4n) is 4.24. The lowest BCUT2D eigenvalue weighted by molar-refractivity contribution is -0.140. The monoisotopic (exact) mass is 580 g/mol. The van der Waals surface area contributed by atoms with Crippen LogP contribution in [0.2, 0.25) is 0 Å². The summed E-state index contributed by atoms with van der Waals surface area (Å²) in [5, 5.41) is 24.0. The van der Waals surface area contributed by atoms with Gasteiger partial charge in [0.1, 0.15) is 18.8 Å². The maximum Gasteiger partial charge on any atom is 0.407 e. The van der Waals surface area contributed by atoms with Crippen LogP contribution in [0, 0.1) is 10.8 Å². The first-order valence-electron chi connectivity index (χ1n) is 13.5. The normalized spacial score (nSPS) is 22.0. The molecule has 0 radical (unpaired) electrons. The Morgan fingerprint density at radius 2 is 1.51 bits per heavy atom. The Morgan fingerprint density at radius 1 is 0.951 bits per heavy atom. The summed E-state index contributed by atoms with van der Waals surface area (Å²) >= 11 is 0. The largest absolute Gasteiger partial charge is 0.478 e. The molecule has 0 aliphatic heterocycles. The van der Waals surface area contributed by atoms with E-state index in [1.165, 1.54) is 26.0 Å². The third-order valence-electron chi connectivity index (χ3n) is 7.16. The number of hydrogen-bond acceptors (Lipinski definition) is 8. The molecule has 12 heteroatoms. The van der Waals surface area contributed by atoms with Gasteiger partial charge in [0, 0.05) is 48.1 Å². The van der Waals surface area contributed by atoms with Crippen LogP contribution >= 0.6 is 0 Å². The molecule has 0 aromatic rings. The van der Waals surface area contributed by atoms with Crippen molar-refractivity contribution < 1.29 is 48.4 Å². The number of carboxylic acids is 2. The van der Waals surface area contributed by atoms with E-state index in [0.717, 1.165) is 12.5 Å². The van der Waals surface area contributed by atoms with E-state index in [-0.39, 0.29) is 42.6 Å². The zero-order valence-electron chi connectivity index (χ0n) is 24.8. The highest BCUT2D eigenvalue weighted by molar-refractivity contribution is 5.86. The van der Waals surface area contributed by atoms with Crippen LogP contribution in [0.5, 0.6) is 0 Å². The van der Waals surface area contributed by atoms with Crippen molar-refractivity contribution in [2.24, 2.45) is 10.8 Å². The van der Waals surface area contributed by atoms with E-state index in [4.69, 9.17) is 24.4 Å². The molecule has 2 amide bonds. The molecule has 1 aliphatic rings. The number of carbonyl (C=O) groups excluding carboxylic acids is 3. The number of nitrogens with one attached hydrogen (secondary N) is 2. The quantitative estimate of drug-likeness (QED) is 0.131. The molecule has 1 rings (SSSR count). The van der Waals surface area contributed by atoms with Crippen LogP contribution in [0.3, 0.4) is 0 Å². The Hall–Kier alpha value is -3.83. The average Bonchev–Trinajstić information content (AvgIpc) is 2.89. The minimum absolute atomic E-state index is 0.0747. The van der Waals surface area contributed by atoms with Gasteiger partial charge in [-0.1, -0.05) is 39.5 Å². The Balaban J connectivity index is 2.94. The van der Waals surface area contributed by atoms with Gasteiger partial charge in [-0.3, -0.25) is 0 Å². The Bertz CT molecular complexity index is 1020. The molecule has 0 bridgehead atoms. The Morgan fingerprint density at radius 3 is 2.02 bits per heavy atom. The highest BCUT2D eigenvalue weighted by atomic mass is 16.6. The van der Waals surface area contributed by atoms with Crippen LogP contribution in [-0.2, 0) is 28.6 Å². The van der Waals surface area contributed by atoms with E-state index < -0.39 is 53.8 Å². The zero-order chi connectivity index (χ0) is 31.4. The number of amides is 2. The Kier molecular flexibility index (Phi) is 13.6. The zero-order valence-corrected chi connectivity index (χ0v) is 24.8. The van der Waals surface area contributed by atoms with Gasteiger partial charge in [-0.15, -0.1) is 0 Å². The molecule has 41 heavy (non-hydrogen) atoms. The van der Waals surface area contributed by atoms with Crippen LogP contribution in [0.4, 0.5) is 9.59 Å². The van der Waals surface area contributed by atoms with Crippen LogP contribution in [0.15, 0.2) is 36.0 Å². The molecule has 1 aliphatic carbocycles. The third-order valence-corrected chi connectivity index (χ3v) is 7.16. The van der Waals surface area contributed by atoms with E-state index in [2.05, 4.69) is 31.1 Å². The lowest BCUT2D eigenvalue weighted by Gasteiger charge is -2.47. The van der Waals surface area contributed by atoms with Gasteiger partial charge >= 0.3 is 30.1 Å². The second-order valence-corrected chi connectivity index (χ2v) is 11.5. The van der Waals surface area contributed by atoms with E-state index in [9.17, 15) is 24.0 Å². The molecule has 1 fully saturated rings. The molecule has 0 aromatic heterocycles. The minimum atomic E-state index is -1.11. The van der Waals surface area contributed by atoms with E-state index in [0.29, 0.717) is 12.8 Å². The fraction of sp³-hybridized carbons (Fsp3) is 0.621. The van der Waals surface area contributed by atoms with Crippen molar-refractivity contribution in [2.75, 3.05) is 13.2 Å². The number of ether oxygens (including phenoxy) is 3. The molecule has 3 atom stereocenters. The summed E-state index contributed by atoms with van der Waals surface area (Å²) in [5.41, 5.74) is -0.499. The molecule has 0 heterocycles. The van der Waals surface area contributed by atoms with Gasteiger partial charge in [0.25, 0.3) is 0 Å². The summed E-state index contributed by atoms with van der Waals surface area (Å²) < 4.78 is 15.8. The highest BCUT2D eigenvalue weighted by Crippen LogP contribution is 2.44. The van der Waals surface area contributed by atoms with Crippen molar-refractivity contribution in [2.45, 2.75) is 91.9 Å². The van der Waals surface area contributed by atoms with Crippen molar-refractivity contribution in [1.29, 1.82) is 0 Å². The fourth-order valence-corrected chi connectivity index (χ4v) is 4.24. The van der Waals surface area contributed by atoms with Gasteiger partial charge in [0.15, 0.2) is 0 Å². The first-order valence-corrected chi connectivity index (χ1v) is 13.5. The van der Waals surface area contributed by atoms with Gasteiger partial charge in [-0.25, -0.2) is 24.0 Å². The van der Waals surface area contributed by atoms with Crippen molar-refractivity contribution in [3.05, 3.63) is 36.0 Å². The SMILES string of the molecule is C=CC(=O)OCC(C)OC(=O)NCC1(C)CCC(C)(C)CC1NC(=O)OC(CC=C(C)C(=O)O)CC=C(C)C(=O)O. The predicted octanol–water partition coefficient (Wildman–Crippen LogP) is 4.35. The molecule has 12 nitrogen and oxygen atoms in total. The van der Waals surface area contributed by atoms with Crippen molar-refractivity contribution in [3.63, 3.8) is 0 Å². The minimum Gasteiger partial charge on any atom is -0.478 e. The van der Waals surface area contributed by atoms with Crippen LogP contribution < -0.4 is 10.6 Å². The summed E-state index contributed by atoms with van der Waals surface area (Å²) in [5.74, 6) is -2.84. The van der Waals surface area contributed by atoms with Crippen LogP contribution in [0.1, 0.15) is 73.6 Å². The first-order chi connectivity index (χ1) is 19.0. The van der Waals surface area contributed by atoms with E-state index >= 15 is 0 Å². The van der Waals surface area contributed by atoms with Gasteiger partial charge in [-0.05, 0) is 45.4 Å². The molecule has 0 spiro atoms. The summed E-state index contributed by atoms with van der Waals surface area (Å²) in [6.07, 6.45) is 3.25. The van der Waals surface area contributed by atoms with Gasteiger partial charge in [0.05, 0.1) is 0 Å². The number of aliphatic carboxylic acids is 2. The van der Waals surface area contributed by atoms with Crippen LogP contribution in [0.25, 0.3) is 0 Å². The highest BCUT2D eigenvalue weighted by Gasteiger charge is 2.44. The third kappa shape index (κ3) is 12.9. The molecule has 0 saturated heterocycles. The number of carbonyl (C=O) groups is 5. The summed E-state index contributed by atoms with van der Waals surface area (Å²) in [6.45, 7) is 13.9. The second-order valence-electron chi connectivity index (χ2n) is 11.5. The molecular weight excluding hydrogens is 536 g/mol. The predicted molar refractivity (Wildman–Crippen MR) is 150 cm³/mol. The first kappa shape index (κ1) is 35.2. The molecular formula is C29H44N2O10.